The second kappa shape index (κ2) is 4.34. The largest absolute Gasteiger partial charge is 0.256 e. The second-order valence-corrected chi connectivity index (χ2v) is 4.91. The highest BCUT2D eigenvalue weighted by molar-refractivity contribution is 5.87. The summed E-state index contributed by atoms with van der Waals surface area (Å²) in [5.74, 6) is -0.281. The van der Waals surface area contributed by atoms with Crippen LogP contribution in [0.3, 0.4) is 0 Å². The molecule has 3 heterocycles. The van der Waals surface area contributed by atoms with Crippen molar-refractivity contribution < 1.29 is 4.39 Å². The van der Waals surface area contributed by atoms with Gasteiger partial charge in [0.1, 0.15) is 5.82 Å². The van der Waals surface area contributed by atoms with Crippen LogP contribution in [-0.2, 0) is 0 Å². The highest BCUT2D eigenvalue weighted by Gasteiger charge is 2.13. The number of pyridine rings is 1. The number of hydrogen-bond donors (Lipinski definition) is 0. The molecule has 0 N–H and O–H groups in total. The molecular weight excluding hydrogens is 267 g/mol. The molecule has 0 fully saturated rings. The van der Waals surface area contributed by atoms with Crippen LogP contribution in [0, 0.1) is 12.7 Å². The lowest BCUT2D eigenvalue weighted by atomic mass is 10.1. The Morgan fingerprint density at radius 1 is 1.14 bits per heavy atom. The molecule has 0 saturated heterocycles. The second-order valence-electron chi connectivity index (χ2n) is 4.91. The molecule has 21 heavy (non-hydrogen) atoms. The van der Waals surface area contributed by atoms with Gasteiger partial charge in [0.15, 0.2) is 5.65 Å². The SMILES string of the molecule is Cc1nn2cccnc2c1-c1cnc2cc(F)ccc2c1. The van der Waals surface area contributed by atoms with Crippen LogP contribution in [0.15, 0.2) is 48.9 Å². The van der Waals surface area contributed by atoms with E-state index in [4.69, 9.17) is 0 Å². The maximum absolute atomic E-state index is 13.2. The monoisotopic (exact) mass is 278 g/mol. The molecule has 0 aliphatic rings. The molecule has 0 bridgehead atoms. The van der Waals surface area contributed by atoms with Gasteiger partial charge in [0.25, 0.3) is 0 Å². The van der Waals surface area contributed by atoms with E-state index in [1.165, 1.54) is 12.1 Å². The van der Waals surface area contributed by atoms with E-state index in [1.54, 1.807) is 23.0 Å². The fourth-order valence-electron chi connectivity index (χ4n) is 2.57. The first-order chi connectivity index (χ1) is 10.2. The summed E-state index contributed by atoms with van der Waals surface area (Å²) in [6, 6.07) is 8.43. The summed E-state index contributed by atoms with van der Waals surface area (Å²) in [4.78, 5) is 8.73. The summed E-state index contributed by atoms with van der Waals surface area (Å²) in [5.41, 5.74) is 4.20. The zero-order chi connectivity index (χ0) is 14.4. The number of hydrogen-bond acceptors (Lipinski definition) is 3. The van der Waals surface area contributed by atoms with Crippen molar-refractivity contribution in [1.29, 1.82) is 0 Å². The van der Waals surface area contributed by atoms with Crippen molar-refractivity contribution in [3.8, 4) is 11.1 Å². The smallest absolute Gasteiger partial charge is 0.163 e. The predicted molar refractivity (Wildman–Crippen MR) is 78.4 cm³/mol. The molecule has 4 nitrogen and oxygen atoms in total. The van der Waals surface area contributed by atoms with Crippen LogP contribution in [0.4, 0.5) is 4.39 Å². The van der Waals surface area contributed by atoms with E-state index in [-0.39, 0.29) is 5.82 Å². The molecule has 5 heteroatoms. The van der Waals surface area contributed by atoms with E-state index in [2.05, 4.69) is 15.1 Å². The first kappa shape index (κ1) is 12.0. The standard InChI is InChI=1S/C16H11FN4/c1-10-15(16-18-5-2-6-21(16)20-10)12-7-11-3-4-13(17)8-14(11)19-9-12/h2-9H,1H3. The third-order valence-electron chi connectivity index (χ3n) is 3.51. The molecular formula is C16H11FN4. The number of nitrogens with zero attached hydrogens (tertiary/aromatic N) is 4. The Bertz CT molecular complexity index is 975. The van der Waals surface area contributed by atoms with Crippen molar-refractivity contribution in [2.45, 2.75) is 6.92 Å². The topological polar surface area (TPSA) is 43.1 Å². The fraction of sp³-hybridized carbons (Fsp3) is 0.0625. The molecule has 0 aliphatic carbocycles. The van der Waals surface area contributed by atoms with Gasteiger partial charge < -0.3 is 0 Å². The summed E-state index contributed by atoms with van der Waals surface area (Å²) in [7, 11) is 0. The normalized spacial score (nSPS) is 11.3. The average Bonchev–Trinajstić information content (AvgIpc) is 2.82. The first-order valence-corrected chi connectivity index (χ1v) is 6.58. The number of aromatic nitrogens is 4. The van der Waals surface area contributed by atoms with Gasteiger partial charge in [-0.25, -0.2) is 13.9 Å². The zero-order valence-electron chi connectivity index (χ0n) is 11.3. The fourth-order valence-corrected chi connectivity index (χ4v) is 2.57. The third kappa shape index (κ3) is 1.86. The molecule has 0 amide bonds. The lowest BCUT2D eigenvalue weighted by Crippen LogP contribution is -1.88. The number of rotatable bonds is 1. The van der Waals surface area contributed by atoms with Gasteiger partial charge in [0.05, 0.1) is 16.8 Å². The molecule has 0 unspecified atom stereocenters. The number of halogens is 1. The van der Waals surface area contributed by atoms with E-state index in [9.17, 15) is 4.39 Å². The first-order valence-electron chi connectivity index (χ1n) is 6.58. The van der Waals surface area contributed by atoms with Gasteiger partial charge in [-0.05, 0) is 31.2 Å². The van der Waals surface area contributed by atoms with Gasteiger partial charge in [-0.2, -0.15) is 5.10 Å². The van der Waals surface area contributed by atoms with Crippen LogP contribution >= 0.6 is 0 Å². The minimum Gasteiger partial charge on any atom is -0.256 e. The Morgan fingerprint density at radius 3 is 2.95 bits per heavy atom. The van der Waals surface area contributed by atoms with E-state index in [0.717, 1.165) is 27.9 Å². The number of aryl methyl sites for hydroxylation is 1. The van der Waals surface area contributed by atoms with Crippen LogP contribution in [0.5, 0.6) is 0 Å². The van der Waals surface area contributed by atoms with Crippen molar-refractivity contribution in [1.82, 2.24) is 19.6 Å². The Kier molecular flexibility index (Phi) is 2.47. The zero-order valence-corrected chi connectivity index (χ0v) is 11.3. The minimum atomic E-state index is -0.281. The maximum Gasteiger partial charge on any atom is 0.163 e. The van der Waals surface area contributed by atoms with Crippen LogP contribution in [-0.4, -0.2) is 19.6 Å². The third-order valence-corrected chi connectivity index (χ3v) is 3.51. The summed E-state index contributed by atoms with van der Waals surface area (Å²) in [5, 5.41) is 5.34. The molecule has 0 aliphatic heterocycles. The van der Waals surface area contributed by atoms with Crippen LogP contribution in [0.25, 0.3) is 27.7 Å². The van der Waals surface area contributed by atoms with Gasteiger partial charge >= 0.3 is 0 Å². The van der Waals surface area contributed by atoms with Gasteiger partial charge in [0, 0.05) is 35.6 Å². The minimum absolute atomic E-state index is 0.281. The van der Waals surface area contributed by atoms with Gasteiger partial charge in [0.2, 0.25) is 0 Å². The van der Waals surface area contributed by atoms with E-state index < -0.39 is 0 Å². The van der Waals surface area contributed by atoms with Crippen LogP contribution < -0.4 is 0 Å². The van der Waals surface area contributed by atoms with Gasteiger partial charge in [-0.1, -0.05) is 0 Å². The van der Waals surface area contributed by atoms with Crippen molar-refractivity contribution in [2.75, 3.05) is 0 Å². The summed E-state index contributed by atoms with van der Waals surface area (Å²) in [6.45, 7) is 1.94. The molecule has 1 aromatic carbocycles. The average molecular weight is 278 g/mol. The van der Waals surface area contributed by atoms with Crippen LogP contribution in [0.2, 0.25) is 0 Å². The van der Waals surface area contributed by atoms with E-state index in [0.29, 0.717) is 5.52 Å². The van der Waals surface area contributed by atoms with Crippen molar-refractivity contribution >= 4 is 16.6 Å². The van der Waals surface area contributed by atoms with Gasteiger partial charge in [-0.3, -0.25) is 4.98 Å². The Balaban J connectivity index is 2.00. The molecule has 0 saturated carbocycles. The molecule has 102 valence electrons. The van der Waals surface area contributed by atoms with E-state index >= 15 is 0 Å². The Hall–Kier alpha value is -2.82. The van der Waals surface area contributed by atoms with Crippen molar-refractivity contribution in [3.63, 3.8) is 0 Å². The lowest BCUT2D eigenvalue weighted by molar-refractivity contribution is 0.629. The molecule has 0 radical (unpaired) electrons. The maximum atomic E-state index is 13.2. The molecule has 0 spiro atoms. The number of fused-ring (bicyclic) bond motifs is 2. The number of benzene rings is 1. The Labute approximate surface area is 119 Å². The molecule has 3 aromatic heterocycles. The highest BCUT2D eigenvalue weighted by Crippen LogP contribution is 2.28. The predicted octanol–water partition coefficient (Wildman–Crippen LogP) is 3.39. The van der Waals surface area contributed by atoms with Gasteiger partial charge in [-0.15, -0.1) is 0 Å². The lowest BCUT2D eigenvalue weighted by Gasteiger charge is -2.03. The summed E-state index contributed by atoms with van der Waals surface area (Å²) < 4.78 is 15.0. The molecule has 0 atom stereocenters. The van der Waals surface area contributed by atoms with Crippen molar-refractivity contribution in [3.05, 3.63) is 60.4 Å². The summed E-state index contributed by atoms with van der Waals surface area (Å²) >= 11 is 0. The summed E-state index contributed by atoms with van der Waals surface area (Å²) in [6.07, 6.45) is 5.34. The highest BCUT2D eigenvalue weighted by atomic mass is 19.1. The molecule has 4 aromatic rings. The van der Waals surface area contributed by atoms with E-state index in [1.807, 2.05) is 25.3 Å². The molecule has 4 rings (SSSR count). The van der Waals surface area contributed by atoms with Crippen molar-refractivity contribution in [2.24, 2.45) is 0 Å². The quantitative estimate of drug-likeness (QED) is 0.536. The Morgan fingerprint density at radius 2 is 2.05 bits per heavy atom. The van der Waals surface area contributed by atoms with Crippen LogP contribution in [0.1, 0.15) is 5.69 Å².